The lowest BCUT2D eigenvalue weighted by molar-refractivity contribution is -0.344. The lowest BCUT2D eigenvalue weighted by Gasteiger charge is -2.12. The molecule has 2 heteroatoms. The highest BCUT2D eigenvalue weighted by molar-refractivity contribution is 5.79. The largest absolute Gasteiger partial charge is 0.493 e. The Morgan fingerprint density at radius 3 is 2.05 bits per heavy atom. The molecule has 0 aliphatic carbocycles. The van der Waals surface area contributed by atoms with E-state index in [-0.39, 0.29) is 0 Å². The molecule has 0 amide bonds. The molecule has 2 aromatic rings. The van der Waals surface area contributed by atoms with E-state index in [2.05, 4.69) is 87.5 Å². The van der Waals surface area contributed by atoms with E-state index in [0.29, 0.717) is 0 Å². The standard InChI is InChI=1S/C38H54N2/c1-4-6-8-9-10-11-12-13-14-15-16-17-18-19-20-26-34-27-21-22-29-36(34)37-30-32(3)38(40(37)39)35-28-23-25-33(31-35)24-7-5-2/h18-19,21-23,25,27-31H,4-17,20,24,26H2,1-3H3. The van der Waals surface area contributed by atoms with Crippen LogP contribution in [0, 0.1) is 0 Å². The number of hydrogen-bond acceptors (Lipinski definition) is 0. The summed E-state index contributed by atoms with van der Waals surface area (Å²) in [5.74, 6) is 0. The third-order valence-electron chi connectivity index (χ3n) is 8.20. The summed E-state index contributed by atoms with van der Waals surface area (Å²) in [6.45, 7) is 6.62. The number of aryl methyl sites for hydroxylation is 2. The molecule has 0 aromatic heterocycles. The zero-order valence-corrected chi connectivity index (χ0v) is 25.8. The Kier molecular flexibility index (Phi) is 14.8. The summed E-state index contributed by atoms with van der Waals surface area (Å²) in [7, 11) is 0. The highest BCUT2D eigenvalue weighted by Gasteiger charge is 2.28. The first-order valence-corrected chi connectivity index (χ1v) is 16.4. The smallest absolute Gasteiger partial charge is 0.210 e. The van der Waals surface area contributed by atoms with Crippen molar-refractivity contribution in [2.45, 2.75) is 130 Å². The first kappa shape index (κ1) is 31.8. The van der Waals surface area contributed by atoms with Crippen LogP contribution in [0.1, 0.15) is 139 Å². The fourth-order valence-electron chi connectivity index (χ4n) is 5.81. The lowest BCUT2D eigenvalue weighted by atomic mass is 9.99. The van der Waals surface area contributed by atoms with Crippen molar-refractivity contribution in [3.63, 3.8) is 0 Å². The van der Waals surface area contributed by atoms with E-state index in [0.717, 1.165) is 47.4 Å². The minimum atomic E-state index is 0.881. The van der Waals surface area contributed by atoms with Crippen LogP contribution in [0.5, 0.6) is 0 Å². The van der Waals surface area contributed by atoms with Crippen molar-refractivity contribution in [1.29, 1.82) is 0 Å². The molecule has 0 saturated heterocycles. The number of nitrogens with zero attached hydrogens (tertiary/aromatic N) is 2. The van der Waals surface area contributed by atoms with E-state index >= 15 is 0 Å². The van der Waals surface area contributed by atoms with Crippen molar-refractivity contribution >= 4 is 11.4 Å². The minimum Gasteiger partial charge on any atom is -0.493 e. The number of allylic oxidation sites excluding steroid dienone is 4. The topological polar surface area (TPSA) is 25.3 Å². The fraction of sp³-hybridized carbons (Fsp3) is 0.526. The fourth-order valence-corrected chi connectivity index (χ4v) is 5.81. The summed E-state index contributed by atoms with van der Waals surface area (Å²) in [6, 6.07) is 17.2. The molecule has 0 bridgehead atoms. The Morgan fingerprint density at radius 2 is 1.32 bits per heavy atom. The summed E-state index contributed by atoms with van der Waals surface area (Å²) in [6.07, 6.45) is 28.9. The van der Waals surface area contributed by atoms with Crippen molar-refractivity contribution in [2.75, 3.05) is 0 Å². The van der Waals surface area contributed by atoms with Gasteiger partial charge in [0.1, 0.15) is 0 Å². The van der Waals surface area contributed by atoms with Gasteiger partial charge in [-0.3, -0.25) is 0 Å². The summed E-state index contributed by atoms with van der Waals surface area (Å²) < 4.78 is 1.41. The van der Waals surface area contributed by atoms with Gasteiger partial charge in [-0.1, -0.05) is 127 Å². The number of unbranched alkanes of at least 4 members (excludes halogenated alkanes) is 12. The molecule has 0 radical (unpaired) electrons. The van der Waals surface area contributed by atoms with E-state index in [1.165, 1.54) is 106 Å². The lowest BCUT2D eigenvalue weighted by Crippen LogP contribution is -2.04. The van der Waals surface area contributed by atoms with E-state index in [9.17, 15) is 5.53 Å². The van der Waals surface area contributed by atoms with Gasteiger partial charge in [0, 0.05) is 22.8 Å². The van der Waals surface area contributed by atoms with Gasteiger partial charge < -0.3 is 5.53 Å². The molecule has 1 heterocycles. The highest BCUT2D eigenvalue weighted by Crippen LogP contribution is 2.36. The molecule has 2 nitrogen and oxygen atoms in total. The maximum absolute atomic E-state index is 11.3. The molecule has 40 heavy (non-hydrogen) atoms. The zero-order valence-electron chi connectivity index (χ0n) is 25.8. The van der Waals surface area contributed by atoms with Crippen LogP contribution in [0.4, 0.5) is 0 Å². The predicted molar refractivity (Wildman–Crippen MR) is 174 cm³/mol. The molecule has 0 saturated carbocycles. The summed E-state index contributed by atoms with van der Waals surface area (Å²) >= 11 is 0. The van der Waals surface area contributed by atoms with Crippen LogP contribution in [0.3, 0.4) is 0 Å². The number of rotatable bonds is 20. The van der Waals surface area contributed by atoms with Crippen LogP contribution >= 0.6 is 0 Å². The van der Waals surface area contributed by atoms with Gasteiger partial charge >= 0.3 is 0 Å². The highest BCUT2D eigenvalue weighted by atomic mass is 15.2. The first-order valence-electron chi connectivity index (χ1n) is 16.4. The van der Waals surface area contributed by atoms with E-state index in [1.54, 1.807) is 0 Å². The Hall–Kier alpha value is -2.74. The molecule has 0 fully saturated rings. The summed E-state index contributed by atoms with van der Waals surface area (Å²) in [4.78, 5) is 0. The van der Waals surface area contributed by atoms with Gasteiger partial charge in [0.05, 0.1) is 0 Å². The van der Waals surface area contributed by atoms with Gasteiger partial charge in [0.15, 0.2) is 0 Å². The second kappa shape index (κ2) is 18.6. The second-order valence-electron chi connectivity index (χ2n) is 11.7. The average Bonchev–Trinajstić information content (AvgIpc) is 3.27. The predicted octanol–water partition coefficient (Wildman–Crippen LogP) is 12.0. The number of benzene rings is 2. The van der Waals surface area contributed by atoms with Crippen LogP contribution in [0.25, 0.3) is 16.9 Å². The van der Waals surface area contributed by atoms with Gasteiger partial charge in [-0.05, 0) is 74.8 Å². The molecule has 2 aromatic carbocycles. The van der Waals surface area contributed by atoms with Crippen LogP contribution in [-0.4, -0.2) is 4.70 Å². The summed E-state index contributed by atoms with van der Waals surface area (Å²) in [5, 5.41) is 0. The molecule has 0 N–H and O–H groups in total. The van der Waals surface area contributed by atoms with Crippen LogP contribution < -0.4 is 0 Å². The van der Waals surface area contributed by atoms with Gasteiger partial charge in [-0.15, -0.1) is 0 Å². The molecule has 0 unspecified atom stereocenters. The third kappa shape index (κ3) is 10.3. The minimum absolute atomic E-state index is 0.881. The third-order valence-corrected chi connectivity index (χ3v) is 8.20. The van der Waals surface area contributed by atoms with Gasteiger partial charge in [-0.25, -0.2) is 4.70 Å². The van der Waals surface area contributed by atoms with Crippen LogP contribution in [0.2, 0.25) is 0 Å². The Morgan fingerprint density at radius 1 is 0.675 bits per heavy atom. The number of hydrogen-bond donors (Lipinski definition) is 0. The van der Waals surface area contributed by atoms with Crippen molar-refractivity contribution in [2.24, 2.45) is 0 Å². The summed E-state index contributed by atoms with van der Waals surface area (Å²) in [5.41, 5.74) is 19.0. The Bertz CT molecular complexity index is 1130. The zero-order chi connectivity index (χ0) is 28.4. The normalized spacial score (nSPS) is 13.6. The second-order valence-corrected chi connectivity index (χ2v) is 11.7. The molecule has 1 aliphatic heterocycles. The van der Waals surface area contributed by atoms with Crippen LogP contribution in [0.15, 0.2) is 72.3 Å². The van der Waals surface area contributed by atoms with E-state index in [1.807, 2.05) is 0 Å². The van der Waals surface area contributed by atoms with Crippen molar-refractivity contribution in [3.05, 3.63) is 100 Å². The molecule has 216 valence electrons. The van der Waals surface area contributed by atoms with E-state index < -0.39 is 0 Å². The van der Waals surface area contributed by atoms with Gasteiger partial charge in [0.2, 0.25) is 11.4 Å². The maximum atomic E-state index is 11.3. The average molecular weight is 539 g/mol. The van der Waals surface area contributed by atoms with Gasteiger partial charge in [0.25, 0.3) is 0 Å². The molecular weight excluding hydrogens is 484 g/mol. The molecular formula is C38H54N2. The SMILES string of the molecule is CCCCCCCCCCCCCC=CCCc1ccccc1C1=CC(C)=C(c2cccc(CCCC)c2)[N+]1=[N-]. The monoisotopic (exact) mass is 538 g/mol. The quantitative estimate of drug-likeness (QED) is 0.0910. The van der Waals surface area contributed by atoms with Crippen molar-refractivity contribution in [1.82, 2.24) is 0 Å². The van der Waals surface area contributed by atoms with Gasteiger partial charge in [-0.2, -0.15) is 0 Å². The molecule has 3 rings (SSSR count). The first-order chi connectivity index (χ1) is 19.7. The molecule has 0 spiro atoms. The molecule has 0 atom stereocenters. The maximum Gasteiger partial charge on any atom is 0.210 e. The Balaban J connectivity index is 1.42. The van der Waals surface area contributed by atoms with Crippen LogP contribution in [-0.2, 0) is 12.8 Å². The molecule has 1 aliphatic rings. The van der Waals surface area contributed by atoms with Crippen molar-refractivity contribution in [3.8, 4) is 0 Å². The Labute approximate surface area is 245 Å². The van der Waals surface area contributed by atoms with E-state index in [4.69, 9.17) is 0 Å². The van der Waals surface area contributed by atoms with Crippen molar-refractivity contribution < 1.29 is 4.70 Å².